The van der Waals surface area contributed by atoms with Crippen LogP contribution in [0.4, 0.5) is 0 Å². The zero-order chi connectivity index (χ0) is 29.5. The van der Waals surface area contributed by atoms with E-state index >= 15 is 0 Å². The Kier molecular flexibility index (Phi) is 12.8. The normalized spacial score (nSPS) is 16.1. The number of carbonyl (C=O) groups excluding carboxylic acids is 3. The first-order valence-corrected chi connectivity index (χ1v) is 14.6. The Morgan fingerprint density at radius 3 is 2.22 bits per heavy atom. The lowest BCUT2D eigenvalue weighted by Crippen LogP contribution is -2.50. The van der Waals surface area contributed by atoms with Gasteiger partial charge in [0.05, 0.1) is 30.5 Å². The van der Waals surface area contributed by atoms with E-state index < -0.39 is 17.6 Å². The zero-order valence-electron chi connectivity index (χ0n) is 23.9. The van der Waals surface area contributed by atoms with Crippen molar-refractivity contribution in [2.24, 2.45) is 11.8 Å². The maximum absolute atomic E-state index is 13.4. The summed E-state index contributed by atoms with van der Waals surface area (Å²) >= 11 is 0. The molecule has 0 spiro atoms. The van der Waals surface area contributed by atoms with E-state index in [-0.39, 0.29) is 43.3 Å². The first-order chi connectivity index (χ1) is 19.9. The topological polar surface area (TPSA) is 105 Å². The van der Waals surface area contributed by atoms with Gasteiger partial charge in [0.2, 0.25) is 11.8 Å². The molecule has 1 fully saturated rings. The predicted octanol–water partition coefficient (Wildman–Crippen LogP) is 5.22. The second-order valence-corrected chi connectivity index (χ2v) is 11.0. The summed E-state index contributed by atoms with van der Waals surface area (Å²) in [5.41, 5.74) is 1.22. The van der Waals surface area contributed by atoms with Crippen molar-refractivity contribution in [3.8, 4) is 0 Å². The fourth-order valence-electron chi connectivity index (χ4n) is 5.42. The summed E-state index contributed by atoms with van der Waals surface area (Å²) < 4.78 is 6.04. The molecule has 0 bridgehead atoms. The van der Waals surface area contributed by atoms with E-state index in [0.717, 1.165) is 36.8 Å². The van der Waals surface area contributed by atoms with Crippen LogP contribution in [-0.2, 0) is 25.5 Å². The van der Waals surface area contributed by atoms with Crippen molar-refractivity contribution in [3.05, 3.63) is 97.1 Å². The van der Waals surface area contributed by atoms with Gasteiger partial charge in [0, 0.05) is 6.42 Å². The molecule has 7 heteroatoms. The lowest BCUT2D eigenvalue weighted by atomic mass is 9.94. The van der Waals surface area contributed by atoms with Gasteiger partial charge in [0.15, 0.2) is 0 Å². The highest BCUT2D eigenvalue weighted by Crippen LogP contribution is 2.29. The minimum atomic E-state index is -0.691. The standard InChI is InChI=1S/C34H44N2O5/c1-3-5-17-29(22-26-15-8-6-9-16-26)33(40)41-30(27-18-10-7-11-19-27)24-35-32(39)28(14-4-2)23-31(38)36-34(25-37)20-12-13-21-34/h3-4,6-11,15-16,18-19,28-30,37H,1-2,5,12-14,17,20-25H2,(H,35,39)(H,36,38)/t28-,29-,30+/m1/s1. The number of ether oxygens (including phenoxy) is 1. The van der Waals surface area contributed by atoms with E-state index in [1.54, 1.807) is 12.2 Å². The van der Waals surface area contributed by atoms with Crippen LogP contribution in [0.15, 0.2) is 86.0 Å². The Morgan fingerprint density at radius 2 is 1.61 bits per heavy atom. The van der Waals surface area contributed by atoms with Gasteiger partial charge in [-0.05, 0) is 49.7 Å². The first kappa shape index (κ1) is 31.8. The van der Waals surface area contributed by atoms with Crippen LogP contribution in [0.25, 0.3) is 0 Å². The molecule has 1 aliphatic carbocycles. The van der Waals surface area contributed by atoms with Crippen LogP contribution in [-0.4, -0.2) is 41.6 Å². The van der Waals surface area contributed by atoms with Gasteiger partial charge in [-0.15, -0.1) is 13.2 Å². The maximum atomic E-state index is 13.4. The first-order valence-electron chi connectivity index (χ1n) is 14.6. The van der Waals surface area contributed by atoms with E-state index in [1.165, 1.54) is 0 Å². The van der Waals surface area contributed by atoms with Gasteiger partial charge in [0.25, 0.3) is 0 Å². The van der Waals surface area contributed by atoms with Gasteiger partial charge in [-0.2, -0.15) is 0 Å². The van der Waals surface area contributed by atoms with Crippen LogP contribution in [0, 0.1) is 11.8 Å². The van der Waals surface area contributed by atoms with Crippen LogP contribution >= 0.6 is 0 Å². The Hall–Kier alpha value is -3.71. The molecule has 0 saturated heterocycles. The number of aliphatic hydroxyl groups excluding tert-OH is 1. The SMILES string of the molecule is C=CCC[C@H](Cc1ccccc1)C(=O)O[C@@H](CNC(=O)[C@H](CC=C)CC(=O)NC1(CO)CCCC1)c1ccccc1. The third kappa shape index (κ3) is 10.0. The van der Waals surface area contributed by atoms with Crippen LogP contribution in [0.1, 0.15) is 68.6 Å². The number of nitrogens with one attached hydrogen (secondary N) is 2. The van der Waals surface area contributed by atoms with Gasteiger partial charge < -0.3 is 20.5 Å². The fraction of sp³-hybridized carbons (Fsp3) is 0.441. The largest absolute Gasteiger partial charge is 0.455 e. The third-order valence-corrected chi connectivity index (χ3v) is 7.79. The number of esters is 1. The van der Waals surface area contributed by atoms with Crippen molar-refractivity contribution in [1.29, 1.82) is 0 Å². The molecule has 2 aromatic carbocycles. The highest BCUT2D eigenvalue weighted by Gasteiger charge is 2.35. The number of amides is 2. The van der Waals surface area contributed by atoms with Crippen molar-refractivity contribution in [2.75, 3.05) is 13.2 Å². The molecule has 3 atom stereocenters. The molecule has 3 rings (SSSR count). The number of hydrogen-bond acceptors (Lipinski definition) is 5. The number of allylic oxidation sites excluding steroid dienone is 2. The number of carbonyl (C=O) groups is 3. The number of aliphatic hydroxyl groups is 1. The third-order valence-electron chi connectivity index (χ3n) is 7.79. The van der Waals surface area contributed by atoms with Gasteiger partial charge in [0.1, 0.15) is 6.10 Å². The molecule has 1 saturated carbocycles. The molecule has 7 nitrogen and oxygen atoms in total. The van der Waals surface area contributed by atoms with E-state index in [4.69, 9.17) is 4.74 Å². The summed E-state index contributed by atoms with van der Waals surface area (Å²) in [4.78, 5) is 39.5. The quantitative estimate of drug-likeness (QED) is 0.182. The number of benzene rings is 2. The van der Waals surface area contributed by atoms with Crippen molar-refractivity contribution >= 4 is 17.8 Å². The number of hydrogen-bond donors (Lipinski definition) is 3. The average Bonchev–Trinajstić information content (AvgIpc) is 3.46. The van der Waals surface area contributed by atoms with Crippen molar-refractivity contribution < 1.29 is 24.2 Å². The van der Waals surface area contributed by atoms with Crippen LogP contribution in [0.3, 0.4) is 0 Å². The summed E-state index contributed by atoms with van der Waals surface area (Å²) in [6.07, 6.45) is 8.25. The summed E-state index contributed by atoms with van der Waals surface area (Å²) in [5, 5.41) is 15.7. The molecule has 2 aromatic rings. The van der Waals surface area contributed by atoms with E-state index in [9.17, 15) is 19.5 Å². The second-order valence-electron chi connectivity index (χ2n) is 11.0. The smallest absolute Gasteiger partial charge is 0.309 e. The van der Waals surface area contributed by atoms with Crippen molar-refractivity contribution in [1.82, 2.24) is 10.6 Å². The highest BCUT2D eigenvalue weighted by atomic mass is 16.5. The molecule has 3 N–H and O–H groups in total. The number of rotatable bonds is 17. The van der Waals surface area contributed by atoms with Crippen LogP contribution < -0.4 is 10.6 Å². The second kappa shape index (κ2) is 16.5. The summed E-state index contributed by atoms with van der Waals surface area (Å²) in [6.45, 7) is 7.52. The molecule has 0 aliphatic heterocycles. The molecule has 1 aliphatic rings. The fourth-order valence-corrected chi connectivity index (χ4v) is 5.42. The molecule has 41 heavy (non-hydrogen) atoms. The predicted molar refractivity (Wildman–Crippen MR) is 161 cm³/mol. The highest BCUT2D eigenvalue weighted by molar-refractivity contribution is 5.86. The van der Waals surface area contributed by atoms with E-state index in [1.807, 2.05) is 60.7 Å². The Bertz CT molecular complexity index is 1130. The van der Waals surface area contributed by atoms with Crippen LogP contribution in [0.5, 0.6) is 0 Å². The minimum Gasteiger partial charge on any atom is -0.455 e. The molecular weight excluding hydrogens is 516 g/mol. The summed E-state index contributed by atoms with van der Waals surface area (Å²) in [6, 6.07) is 19.2. The summed E-state index contributed by atoms with van der Waals surface area (Å²) in [7, 11) is 0. The Balaban J connectivity index is 1.67. The molecule has 220 valence electrons. The average molecular weight is 561 g/mol. The lowest BCUT2D eigenvalue weighted by Gasteiger charge is -2.29. The molecule has 0 aromatic heterocycles. The van der Waals surface area contributed by atoms with Crippen LogP contribution in [0.2, 0.25) is 0 Å². The molecule has 0 unspecified atom stereocenters. The monoisotopic (exact) mass is 560 g/mol. The molecule has 0 heterocycles. The van der Waals surface area contributed by atoms with Crippen molar-refractivity contribution in [2.45, 2.75) is 69.4 Å². The molecule has 2 amide bonds. The van der Waals surface area contributed by atoms with Gasteiger partial charge >= 0.3 is 5.97 Å². The zero-order valence-corrected chi connectivity index (χ0v) is 23.9. The van der Waals surface area contributed by atoms with E-state index in [2.05, 4.69) is 23.8 Å². The Labute approximate surface area is 244 Å². The maximum Gasteiger partial charge on any atom is 0.309 e. The molecular formula is C34H44N2O5. The van der Waals surface area contributed by atoms with Gasteiger partial charge in [-0.3, -0.25) is 14.4 Å². The van der Waals surface area contributed by atoms with Gasteiger partial charge in [-0.1, -0.05) is 85.7 Å². The summed E-state index contributed by atoms with van der Waals surface area (Å²) in [5.74, 6) is -1.89. The minimum absolute atomic E-state index is 0.0178. The Morgan fingerprint density at radius 1 is 0.951 bits per heavy atom. The molecule has 0 radical (unpaired) electrons. The van der Waals surface area contributed by atoms with Gasteiger partial charge in [-0.25, -0.2) is 0 Å². The van der Waals surface area contributed by atoms with E-state index in [0.29, 0.717) is 25.7 Å². The van der Waals surface area contributed by atoms with Crippen molar-refractivity contribution in [3.63, 3.8) is 0 Å². The lowest BCUT2D eigenvalue weighted by molar-refractivity contribution is -0.155.